The lowest BCUT2D eigenvalue weighted by molar-refractivity contribution is 0.0940. The van der Waals surface area contributed by atoms with Crippen molar-refractivity contribution in [1.82, 2.24) is 5.32 Å². The molecule has 0 saturated heterocycles. The average Bonchev–Trinajstić information content (AvgIpc) is 3.28. The predicted octanol–water partition coefficient (Wildman–Crippen LogP) is 1.49. The Hall–Kier alpha value is -2.22. The van der Waals surface area contributed by atoms with Crippen molar-refractivity contribution in [3.63, 3.8) is 0 Å². The zero-order chi connectivity index (χ0) is 13.2. The highest BCUT2D eigenvalue weighted by Crippen LogP contribution is 2.33. The maximum absolute atomic E-state index is 12.1. The van der Waals surface area contributed by atoms with E-state index < -0.39 is 0 Å². The molecule has 1 aromatic carbocycles. The molecule has 1 aliphatic carbocycles. The van der Waals surface area contributed by atoms with Crippen LogP contribution in [0.1, 0.15) is 23.2 Å². The third-order valence-corrected chi connectivity index (χ3v) is 3.32. The molecule has 3 rings (SSSR count). The van der Waals surface area contributed by atoms with E-state index in [1.807, 2.05) is 0 Å². The molecule has 5 heteroatoms. The van der Waals surface area contributed by atoms with Gasteiger partial charge in [0.1, 0.15) is 19.3 Å². The van der Waals surface area contributed by atoms with E-state index >= 15 is 0 Å². The van der Waals surface area contributed by atoms with E-state index in [1.165, 1.54) is 0 Å². The van der Waals surface area contributed by atoms with Crippen LogP contribution in [0.3, 0.4) is 0 Å². The molecule has 0 aromatic heterocycles. The van der Waals surface area contributed by atoms with Gasteiger partial charge in [-0.2, -0.15) is 5.26 Å². The standard InChI is InChI=1S/C14H14N2O3/c15-8-11(9-1-2-9)16-14(17)10-3-4-12-13(7-10)19-6-5-18-12/h3-4,7,9,11H,1-2,5-6H2,(H,16,17). The molecule has 1 saturated carbocycles. The summed E-state index contributed by atoms with van der Waals surface area (Å²) in [6.07, 6.45) is 2.03. The largest absolute Gasteiger partial charge is 0.486 e. The van der Waals surface area contributed by atoms with Gasteiger partial charge in [-0.15, -0.1) is 0 Å². The van der Waals surface area contributed by atoms with Crippen LogP contribution in [0.2, 0.25) is 0 Å². The van der Waals surface area contributed by atoms with Crippen molar-refractivity contribution in [2.45, 2.75) is 18.9 Å². The Morgan fingerprint density at radius 1 is 1.32 bits per heavy atom. The van der Waals surface area contributed by atoms with E-state index in [9.17, 15) is 4.79 Å². The summed E-state index contributed by atoms with van der Waals surface area (Å²) in [5.74, 6) is 1.31. The molecule has 5 nitrogen and oxygen atoms in total. The van der Waals surface area contributed by atoms with Crippen LogP contribution in [-0.4, -0.2) is 25.2 Å². The molecule has 1 heterocycles. The van der Waals surface area contributed by atoms with E-state index in [-0.39, 0.29) is 11.9 Å². The first-order valence-electron chi connectivity index (χ1n) is 6.38. The van der Waals surface area contributed by atoms with E-state index in [2.05, 4.69) is 11.4 Å². The van der Waals surface area contributed by atoms with Gasteiger partial charge in [-0.3, -0.25) is 4.79 Å². The van der Waals surface area contributed by atoms with Gasteiger partial charge in [0.2, 0.25) is 0 Å². The number of fused-ring (bicyclic) bond motifs is 1. The number of benzene rings is 1. The molecule has 0 spiro atoms. The zero-order valence-electron chi connectivity index (χ0n) is 10.4. The summed E-state index contributed by atoms with van der Waals surface area (Å²) in [6.45, 7) is 1.01. The molecule has 0 radical (unpaired) electrons. The number of ether oxygens (including phenoxy) is 2. The quantitative estimate of drug-likeness (QED) is 0.891. The van der Waals surface area contributed by atoms with Crippen molar-refractivity contribution in [2.75, 3.05) is 13.2 Å². The van der Waals surface area contributed by atoms with Gasteiger partial charge in [0.05, 0.1) is 6.07 Å². The maximum Gasteiger partial charge on any atom is 0.252 e. The fraction of sp³-hybridized carbons (Fsp3) is 0.429. The minimum atomic E-state index is -0.388. The molecular weight excluding hydrogens is 244 g/mol. The molecule has 19 heavy (non-hydrogen) atoms. The molecular formula is C14H14N2O3. The third-order valence-electron chi connectivity index (χ3n) is 3.32. The minimum absolute atomic E-state index is 0.240. The van der Waals surface area contributed by atoms with Gasteiger partial charge in [-0.25, -0.2) is 0 Å². The summed E-state index contributed by atoms with van der Waals surface area (Å²) in [5.41, 5.74) is 0.491. The number of hydrogen-bond acceptors (Lipinski definition) is 4. The molecule has 2 aliphatic rings. The first-order valence-corrected chi connectivity index (χ1v) is 6.38. The van der Waals surface area contributed by atoms with Gasteiger partial charge < -0.3 is 14.8 Å². The van der Waals surface area contributed by atoms with Crippen molar-refractivity contribution in [2.24, 2.45) is 5.92 Å². The predicted molar refractivity (Wildman–Crippen MR) is 67.0 cm³/mol. The van der Waals surface area contributed by atoms with Crippen LogP contribution in [-0.2, 0) is 0 Å². The number of hydrogen-bond donors (Lipinski definition) is 1. The highest BCUT2D eigenvalue weighted by Gasteiger charge is 2.32. The van der Waals surface area contributed by atoms with Crippen molar-refractivity contribution in [3.05, 3.63) is 23.8 Å². The number of nitrogens with one attached hydrogen (secondary N) is 1. The summed E-state index contributed by atoms with van der Waals surface area (Å²) in [6, 6.07) is 6.82. The number of carbonyl (C=O) groups excluding carboxylic acids is 1. The number of carbonyl (C=O) groups is 1. The number of nitrogens with zero attached hydrogens (tertiary/aromatic N) is 1. The van der Waals surface area contributed by atoms with Gasteiger partial charge >= 0.3 is 0 Å². The van der Waals surface area contributed by atoms with E-state index in [0.717, 1.165) is 12.8 Å². The Labute approximate surface area is 111 Å². The van der Waals surface area contributed by atoms with Gasteiger partial charge in [-0.1, -0.05) is 0 Å². The van der Waals surface area contributed by atoms with Gasteiger partial charge in [0.25, 0.3) is 5.91 Å². The van der Waals surface area contributed by atoms with Crippen LogP contribution >= 0.6 is 0 Å². The number of amides is 1. The molecule has 1 unspecified atom stereocenters. The van der Waals surface area contributed by atoms with Crippen LogP contribution in [0.15, 0.2) is 18.2 Å². The van der Waals surface area contributed by atoms with Crippen LogP contribution in [0.5, 0.6) is 11.5 Å². The molecule has 0 bridgehead atoms. The van der Waals surface area contributed by atoms with Crippen molar-refractivity contribution < 1.29 is 14.3 Å². The van der Waals surface area contributed by atoms with E-state index in [1.54, 1.807) is 18.2 Å². The second kappa shape index (κ2) is 4.81. The van der Waals surface area contributed by atoms with Crippen LogP contribution < -0.4 is 14.8 Å². The smallest absolute Gasteiger partial charge is 0.252 e. The second-order valence-electron chi connectivity index (χ2n) is 4.78. The molecule has 1 aliphatic heterocycles. The maximum atomic E-state index is 12.1. The highest BCUT2D eigenvalue weighted by molar-refractivity contribution is 5.95. The van der Waals surface area contributed by atoms with Crippen LogP contribution in [0.25, 0.3) is 0 Å². The third kappa shape index (κ3) is 2.48. The molecule has 1 atom stereocenters. The zero-order valence-corrected chi connectivity index (χ0v) is 10.4. The summed E-state index contributed by atoms with van der Waals surface area (Å²) in [7, 11) is 0. The molecule has 1 amide bonds. The van der Waals surface area contributed by atoms with Gasteiger partial charge in [0, 0.05) is 5.56 Å². The highest BCUT2D eigenvalue weighted by atomic mass is 16.6. The lowest BCUT2D eigenvalue weighted by Gasteiger charge is -2.19. The Bertz CT molecular complexity index is 546. The van der Waals surface area contributed by atoms with Crippen molar-refractivity contribution in [3.8, 4) is 17.6 Å². The van der Waals surface area contributed by atoms with Crippen molar-refractivity contribution >= 4 is 5.91 Å². The number of nitriles is 1. The first kappa shape index (κ1) is 11.8. The second-order valence-corrected chi connectivity index (χ2v) is 4.78. The Morgan fingerprint density at radius 3 is 2.74 bits per heavy atom. The summed E-state index contributed by atoms with van der Waals surface area (Å²) in [5, 5.41) is 11.8. The number of rotatable bonds is 3. The van der Waals surface area contributed by atoms with Crippen molar-refractivity contribution in [1.29, 1.82) is 5.26 Å². The van der Waals surface area contributed by atoms with Gasteiger partial charge in [0.15, 0.2) is 11.5 Å². The van der Waals surface area contributed by atoms with Gasteiger partial charge in [-0.05, 0) is 37.0 Å². The monoisotopic (exact) mass is 258 g/mol. The SMILES string of the molecule is N#CC(NC(=O)c1ccc2c(c1)OCCO2)C1CC1. The molecule has 1 aromatic rings. The fourth-order valence-electron chi connectivity index (χ4n) is 2.09. The minimum Gasteiger partial charge on any atom is -0.486 e. The summed E-state index contributed by atoms with van der Waals surface area (Å²) < 4.78 is 10.8. The summed E-state index contributed by atoms with van der Waals surface area (Å²) in [4.78, 5) is 12.1. The Morgan fingerprint density at radius 2 is 2.05 bits per heavy atom. The molecule has 98 valence electrons. The Kier molecular flexibility index (Phi) is 3.00. The molecule has 1 N–H and O–H groups in total. The normalized spacial score (nSPS) is 18.3. The summed E-state index contributed by atoms with van der Waals surface area (Å²) >= 11 is 0. The molecule has 1 fully saturated rings. The topological polar surface area (TPSA) is 71.4 Å². The van der Waals surface area contributed by atoms with E-state index in [0.29, 0.717) is 36.2 Å². The van der Waals surface area contributed by atoms with E-state index in [4.69, 9.17) is 14.7 Å². The lowest BCUT2D eigenvalue weighted by atomic mass is 10.1. The first-order chi connectivity index (χ1) is 9.28. The fourth-order valence-corrected chi connectivity index (χ4v) is 2.09. The lowest BCUT2D eigenvalue weighted by Crippen LogP contribution is -2.35. The van der Waals surface area contributed by atoms with Crippen LogP contribution in [0.4, 0.5) is 0 Å². The Balaban J connectivity index is 1.74. The van der Waals surface area contributed by atoms with Crippen LogP contribution in [0, 0.1) is 17.2 Å². The average molecular weight is 258 g/mol.